The number of ether oxygens (including phenoxy) is 1. The first kappa shape index (κ1) is 17.7. The fraction of sp³-hybridized carbons (Fsp3) is 0.474. The van der Waals surface area contributed by atoms with Crippen molar-refractivity contribution in [3.63, 3.8) is 0 Å². The fourth-order valence-corrected chi connectivity index (χ4v) is 3.39. The summed E-state index contributed by atoms with van der Waals surface area (Å²) in [7, 11) is 3.84. The summed E-state index contributed by atoms with van der Waals surface area (Å²) < 4.78 is 6.10. The number of hydrogen-bond acceptors (Lipinski definition) is 4. The number of nitrogens with zero attached hydrogens (tertiary/aromatic N) is 3. The normalized spacial score (nSPS) is 14.9. The minimum Gasteiger partial charge on any atom is -0.490 e. The molecular formula is C19H26N4OS. The summed E-state index contributed by atoms with van der Waals surface area (Å²) in [5.74, 6) is 1.83. The lowest BCUT2D eigenvalue weighted by Crippen LogP contribution is -2.38. The van der Waals surface area contributed by atoms with Gasteiger partial charge in [-0.2, -0.15) is 0 Å². The molecule has 25 heavy (non-hydrogen) atoms. The molecule has 0 atom stereocenters. The molecule has 1 aromatic carbocycles. The molecule has 0 spiro atoms. The monoisotopic (exact) mass is 358 g/mol. The van der Waals surface area contributed by atoms with Gasteiger partial charge < -0.3 is 15.0 Å². The van der Waals surface area contributed by atoms with E-state index in [2.05, 4.69) is 43.8 Å². The molecule has 0 bridgehead atoms. The van der Waals surface area contributed by atoms with Crippen LogP contribution in [-0.2, 0) is 13.1 Å². The number of rotatable bonds is 6. The smallest absolute Gasteiger partial charge is 0.194 e. The van der Waals surface area contributed by atoms with Crippen LogP contribution in [0.1, 0.15) is 35.5 Å². The molecule has 6 heteroatoms. The lowest BCUT2D eigenvalue weighted by atomic mass is 9.96. The summed E-state index contributed by atoms with van der Waals surface area (Å²) in [5.41, 5.74) is 2.23. The molecule has 2 aromatic rings. The number of guanidine groups is 1. The molecule has 3 rings (SSSR count). The largest absolute Gasteiger partial charge is 0.490 e. The van der Waals surface area contributed by atoms with Crippen LogP contribution in [0.25, 0.3) is 0 Å². The Bertz CT molecular complexity index is 724. The third-order valence-electron chi connectivity index (χ3n) is 4.39. The van der Waals surface area contributed by atoms with Crippen molar-refractivity contribution in [3.8, 4) is 5.75 Å². The van der Waals surface area contributed by atoms with E-state index < -0.39 is 0 Å². The van der Waals surface area contributed by atoms with Gasteiger partial charge >= 0.3 is 0 Å². The van der Waals surface area contributed by atoms with E-state index in [1.165, 1.54) is 19.3 Å². The number of aryl methyl sites for hydroxylation is 1. The number of para-hydroxylation sites is 1. The Morgan fingerprint density at radius 3 is 2.84 bits per heavy atom. The third kappa shape index (κ3) is 4.72. The quantitative estimate of drug-likeness (QED) is 0.633. The number of hydrogen-bond donors (Lipinski definition) is 1. The Morgan fingerprint density at radius 1 is 1.40 bits per heavy atom. The highest BCUT2D eigenvalue weighted by Crippen LogP contribution is 2.27. The van der Waals surface area contributed by atoms with Crippen LogP contribution in [0.4, 0.5) is 0 Å². The lowest BCUT2D eigenvalue weighted by molar-refractivity contribution is 0.119. The molecule has 134 valence electrons. The molecule has 1 heterocycles. The van der Waals surface area contributed by atoms with Crippen LogP contribution in [0.3, 0.4) is 0 Å². The van der Waals surface area contributed by atoms with E-state index in [0.717, 1.165) is 34.5 Å². The van der Waals surface area contributed by atoms with Gasteiger partial charge in [-0.05, 0) is 32.3 Å². The number of thiazole rings is 1. The molecule has 1 aliphatic carbocycles. The van der Waals surface area contributed by atoms with Gasteiger partial charge in [-0.3, -0.25) is 4.99 Å². The maximum atomic E-state index is 6.10. The van der Waals surface area contributed by atoms with Gasteiger partial charge in [0.25, 0.3) is 0 Å². The van der Waals surface area contributed by atoms with E-state index in [-0.39, 0.29) is 0 Å². The summed E-state index contributed by atoms with van der Waals surface area (Å²) in [6.45, 7) is 3.46. The lowest BCUT2D eigenvalue weighted by Gasteiger charge is -2.28. The van der Waals surface area contributed by atoms with Crippen molar-refractivity contribution in [1.82, 2.24) is 15.2 Å². The second-order valence-electron chi connectivity index (χ2n) is 6.39. The standard InChI is InChI=1S/C19H26N4OS/c1-14-22-16(13-25-14)12-23(3)19(20-2)21-11-15-7-4-5-10-18(15)24-17-8-6-9-17/h4-5,7,10,13,17H,6,8-9,11-12H2,1-3H3,(H,20,21). The first-order valence-corrected chi connectivity index (χ1v) is 9.61. The van der Waals surface area contributed by atoms with Crippen molar-refractivity contribution >= 4 is 17.3 Å². The Hall–Kier alpha value is -2.08. The predicted octanol–water partition coefficient (Wildman–Crippen LogP) is 3.59. The SMILES string of the molecule is CN=C(NCc1ccccc1OC1CCC1)N(C)Cc1csc(C)n1. The number of nitrogens with one attached hydrogen (secondary N) is 1. The number of aromatic nitrogens is 1. The van der Waals surface area contributed by atoms with E-state index in [1.54, 1.807) is 11.3 Å². The van der Waals surface area contributed by atoms with Gasteiger partial charge in [0.2, 0.25) is 0 Å². The van der Waals surface area contributed by atoms with Crippen LogP contribution >= 0.6 is 11.3 Å². The second kappa shape index (κ2) is 8.34. The minimum atomic E-state index is 0.385. The van der Waals surface area contributed by atoms with Crippen LogP contribution in [0.5, 0.6) is 5.75 Å². The predicted molar refractivity (Wildman–Crippen MR) is 103 cm³/mol. The first-order valence-electron chi connectivity index (χ1n) is 8.73. The molecule has 1 aliphatic rings. The molecular weight excluding hydrogens is 332 g/mol. The molecule has 1 aromatic heterocycles. The Kier molecular flexibility index (Phi) is 5.91. The van der Waals surface area contributed by atoms with Gasteiger partial charge in [-0.25, -0.2) is 4.98 Å². The van der Waals surface area contributed by atoms with Crippen LogP contribution in [0.2, 0.25) is 0 Å². The van der Waals surface area contributed by atoms with Gasteiger partial charge in [-0.15, -0.1) is 11.3 Å². The van der Waals surface area contributed by atoms with Crippen molar-refractivity contribution in [2.24, 2.45) is 4.99 Å². The van der Waals surface area contributed by atoms with Gasteiger partial charge in [0, 0.05) is 31.6 Å². The Balaban J connectivity index is 1.59. The molecule has 0 aliphatic heterocycles. The maximum absolute atomic E-state index is 6.10. The fourth-order valence-electron chi connectivity index (χ4n) is 2.79. The molecule has 0 amide bonds. The van der Waals surface area contributed by atoms with Gasteiger partial charge in [0.05, 0.1) is 23.4 Å². The highest BCUT2D eigenvalue weighted by Gasteiger charge is 2.20. The Morgan fingerprint density at radius 2 is 2.20 bits per heavy atom. The van der Waals surface area contributed by atoms with Gasteiger partial charge in [-0.1, -0.05) is 18.2 Å². The zero-order chi connectivity index (χ0) is 17.6. The highest BCUT2D eigenvalue weighted by atomic mass is 32.1. The maximum Gasteiger partial charge on any atom is 0.194 e. The van der Waals surface area contributed by atoms with Crippen molar-refractivity contribution in [2.75, 3.05) is 14.1 Å². The zero-order valence-corrected chi connectivity index (χ0v) is 16.0. The summed E-state index contributed by atoms with van der Waals surface area (Å²) in [6, 6.07) is 8.25. The van der Waals surface area contributed by atoms with Crippen molar-refractivity contribution in [2.45, 2.75) is 45.4 Å². The zero-order valence-electron chi connectivity index (χ0n) is 15.2. The van der Waals surface area contributed by atoms with Gasteiger partial charge in [0.1, 0.15) is 5.75 Å². The molecule has 0 unspecified atom stereocenters. The van der Waals surface area contributed by atoms with Crippen molar-refractivity contribution in [1.29, 1.82) is 0 Å². The molecule has 0 radical (unpaired) electrons. The minimum absolute atomic E-state index is 0.385. The summed E-state index contributed by atoms with van der Waals surface area (Å²) >= 11 is 1.68. The van der Waals surface area contributed by atoms with Crippen molar-refractivity contribution in [3.05, 3.63) is 45.9 Å². The Labute approximate surface area is 153 Å². The van der Waals surface area contributed by atoms with Gasteiger partial charge in [0.15, 0.2) is 5.96 Å². The number of aliphatic imine (C=N–C) groups is 1. The van der Waals surface area contributed by atoms with Crippen LogP contribution < -0.4 is 10.1 Å². The topological polar surface area (TPSA) is 49.8 Å². The van der Waals surface area contributed by atoms with E-state index in [0.29, 0.717) is 12.6 Å². The molecule has 5 nitrogen and oxygen atoms in total. The van der Waals surface area contributed by atoms with E-state index >= 15 is 0 Å². The molecule has 0 saturated heterocycles. The summed E-state index contributed by atoms with van der Waals surface area (Å²) in [4.78, 5) is 11.0. The summed E-state index contributed by atoms with van der Waals surface area (Å²) in [6.07, 6.45) is 3.99. The highest BCUT2D eigenvalue weighted by molar-refractivity contribution is 7.09. The molecule has 1 saturated carbocycles. The first-order chi connectivity index (χ1) is 12.2. The average Bonchev–Trinajstić information content (AvgIpc) is 2.97. The molecule has 1 N–H and O–H groups in total. The van der Waals surface area contributed by atoms with Crippen molar-refractivity contribution < 1.29 is 4.74 Å². The van der Waals surface area contributed by atoms with Crippen LogP contribution in [0.15, 0.2) is 34.6 Å². The molecule has 1 fully saturated rings. The second-order valence-corrected chi connectivity index (χ2v) is 7.46. The van der Waals surface area contributed by atoms with Crippen LogP contribution in [-0.4, -0.2) is 36.0 Å². The van der Waals surface area contributed by atoms with E-state index in [4.69, 9.17) is 4.74 Å². The average molecular weight is 359 g/mol. The van der Waals surface area contributed by atoms with Crippen LogP contribution in [0, 0.1) is 6.92 Å². The van der Waals surface area contributed by atoms with E-state index in [1.807, 2.05) is 27.1 Å². The number of benzene rings is 1. The van der Waals surface area contributed by atoms with E-state index in [9.17, 15) is 0 Å². The summed E-state index contributed by atoms with van der Waals surface area (Å²) in [5, 5.41) is 6.62. The third-order valence-corrected chi connectivity index (χ3v) is 5.22.